The molecule has 6 heteroatoms. The molecule has 0 heterocycles. The van der Waals surface area contributed by atoms with Crippen LogP contribution in [0.5, 0.6) is 5.75 Å². The Morgan fingerprint density at radius 1 is 1.47 bits per heavy atom. The molecule has 15 heavy (non-hydrogen) atoms. The lowest BCUT2D eigenvalue weighted by atomic mass is 10.1. The molecule has 0 aromatic heterocycles. The molecule has 2 nitrogen and oxygen atoms in total. The van der Waals surface area contributed by atoms with Crippen LogP contribution in [0.4, 0.5) is 13.2 Å². The molecule has 0 bridgehead atoms. The van der Waals surface area contributed by atoms with Gasteiger partial charge >= 0.3 is 5.38 Å². The molecule has 1 rings (SSSR count). The molecule has 0 fully saturated rings. The maximum absolute atomic E-state index is 13.2. The Bertz CT molecular complexity index is 352. The second-order valence-corrected chi connectivity index (χ2v) is 3.34. The number of benzene rings is 1. The van der Waals surface area contributed by atoms with Crippen molar-refractivity contribution in [2.75, 3.05) is 7.11 Å². The number of methoxy groups -OCH3 is 1. The van der Waals surface area contributed by atoms with Crippen LogP contribution in [-0.4, -0.2) is 17.6 Å². The van der Waals surface area contributed by atoms with Gasteiger partial charge in [0.2, 0.25) is 0 Å². The largest absolute Gasteiger partial charge is 0.497 e. The summed E-state index contributed by atoms with van der Waals surface area (Å²) < 4.78 is 42.8. The third-order valence-corrected chi connectivity index (χ3v) is 2.02. The van der Waals surface area contributed by atoms with Crippen molar-refractivity contribution in [3.8, 4) is 5.75 Å². The maximum Gasteiger partial charge on any atom is 0.351 e. The Morgan fingerprint density at radius 3 is 2.47 bits per heavy atom. The minimum atomic E-state index is -3.91. The lowest BCUT2D eigenvalue weighted by Crippen LogP contribution is -2.20. The van der Waals surface area contributed by atoms with Crippen molar-refractivity contribution < 1.29 is 23.0 Å². The molecule has 0 spiro atoms. The first-order valence-corrected chi connectivity index (χ1v) is 4.32. The Labute approximate surface area is 89.2 Å². The van der Waals surface area contributed by atoms with Crippen molar-refractivity contribution in [2.45, 2.75) is 11.5 Å². The van der Waals surface area contributed by atoms with E-state index in [0.29, 0.717) is 0 Å². The zero-order valence-corrected chi connectivity index (χ0v) is 8.43. The van der Waals surface area contributed by atoms with E-state index >= 15 is 0 Å². The summed E-state index contributed by atoms with van der Waals surface area (Å²) in [6.45, 7) is 0. The minimum absolute atomic E-state index is 0.168. The molecule has 0 radical (unpaired) electrons. The summed E-state index contributed by atoms with van der Waals surface area (Å²) in [7, 11) is 1.31. The van der Waals surface area contributed by atoms with E-state index in [4.69, 9.17) is 5.11 Å². The van der Waals surface area contributed by atoms with Crippen molar-refractivity contribution in [1.82, 2.24) is 0 Å². The van der Waals surface area contributed by atoms with Crippen LogP contribution in [-0.2, 0) is 0 Å². The number of aliphatic hydroxyl groups is 1. The highest BCUT2D eigenvalue weighted by Gasteiger charge is 2.38. The van der Waals surface area contributed by atoms with Crippen molar-refractivity contribution >= 4 is 11.6 Å². The van der Waals surface area contributed by atoms with Gasteiger partial charge in [0.1, 0.15) is 11.6 Å². The molecule has 1 aromatic carbocycles. The second kappa shape index (κ2) is 4.28. The first-order valence-electron chi connectivity index (χ1n) is 3.94. The van der Waals surface area contributed by atoms with E-state index in [1.54, 1.807) is 0 Å². The van der Waals surface area contributed by atoms with Crippen LogP contribution in [0.3, 0.4) is 0 Å². The number of halogens is 4. The van der Waals surface area contributed by atoms with Crippen LogP contribution in [0.2, 0.25) is 0 Å². The fraction of sp³-hybridized carbons (Fsp3) is 0.333. The normalized spacial score (nSPS) is 13.7. The van der Waals surface area contributed by atoms with Gasteiger partial charge in [-0.1, -0.05) is 0 Å². The van der Waals surface area contributed by atoms with Crippen molar-refractivity contribution in [2.24, 2.45) is 0 Å². The van der Waals surface area contributed by atoms with Gasteiger partial charge in [-0.2, -0.15) is 8.78 Å². The standard InChI is InChI=1S/C9H8ClF3O2/c1-15-5-2-3-6(7(11)4-5)8(14)9(10,12)13/h2-4,8,14H,1H3. The molecular weight excluding hydrogens is 233 g/mol. The second-order valence-electron chi connectivity index (χ2n) is 2.83. The fourth-order valence-electron chi connectivity index (χ4n) is 1.03. The van der Waals surface area contributed by atoms with Gasteiger partial charge in [0, 0.05) is 11.6 Å². The van der Waals surface area contributed by atoms with Crippen LogP contribution in [0.15, 0.2) is 18.2 Å². The topological polar surface area (TPSA) is 29.5 Å². The zero-order valence-electron chi connectivity index (χ0n) is 7.68. The summed E-state index contributed by atoms with van der Waals surface area (Å²) >= 11 is 4.58. The molecule has 0 aliphatic carbocycles. The fourth-order valence-corrected chi connectivity index (χ4v) is 1.15. The smallest absolute Gasteiger partial charge is 0.351 e. The SMILES string of the molecule is COc1ccc(C(O)C(F)(F)Cl)c(F)c1. The number of rotatable bonds is 3. The first-order chi connectivity index (χ1) is 6.86. The molecule has 0 amide bonds. The van der Waals surface area contributed by atoms with E-state index in [2.05, 4.69) is 16.3 Å². The molecular formula is C9H8ClF3O2. The van der Waals surface area contributed by atoms with Gasteiger partial charge in [-0.25, -0.2) is 4.39 Å². The number of hydrogen-bond donors (Lipinski definition) is 1. The maximum atomic E-state index is 13.2. The average molecular weight is 241 g/mol. The third kappa shape index (κ3) is 2.76. The number of aliphatic hydroxyl groups excluding tert-OH is 1. The molecule has 0 aliphatic rings. The van der Waals surface area contributed by atoms with E-state index < -0.39 is 22.9 Å². The van der Waals surface area contributed by atoms with Gasteiger partial charge in [0.05, 0.1) is 7.11 Å². The summed E-state index contributed by atoms with van der Waals surface area (Å²) in [6.07, 6.45) is -2.38. The van der Waals surface area contributed by atoms with Gasteiger partial charge in [0.15, 0.2) is 6.10 Å². The third-order valence-electron chi connectivity index (χ3n) is 1.81. The van der Waals surface area contributed by atoms with E-state index in [1.807, 2.05) is 0 Å². The van der Waals surface area contributed by atoms with Gasteiger partial charge in [-0.05, 0) is 23.7 Å². The van der Waals surface area contributed by atoms with E-state index in [-0.39, 0.29) is 5.75 Å². The summed E-state index contributed by atoms with van der Waals surface area (Å²) in [6, 6.07) is 3.14. The van der Waals surface area contributed by atoms with Gasteiger partial charge < -0.3 is 9.84 Å². The molecule has 1 N–H and O–H groups in total. The van der Waals surface area contributed by atoms with E-state index in [9.17, 15) is 13.2 Å². The van der Waals surface area contributed by atoms with Gasteiger partial charge in [-0.3, -0.25) is 0 Å². The highest BCUT2D eigenvalue weighted by atomic mass is 35.5. The molecule has 1 atom stereocenters. The van der Waals surface area contributed by atoms with Crippen molar-refractivity contribution in [3.63, 3.8) is 0 Å². The summed E-state index contributed by atoms with van der Waals surface area (Å²) in [5.74, 6) is -0.830. The summed E-state index contributed by atoms with van der Waals surface area (Å²) in [5.41, 5.74) is -0.573. The number of alkyl halides is 3. The Kier molecular flexibility index (Phi) is 3.46. The van der Waals surface area contributed by atoms with Crippen LogP contribution in [0, 0.1) is 5.82 Å². The monoisotopic (exact) mass is 240 g/mol. The lowest BCUT2D eigenvalue weighted by molar-refractivity contribution is -0.0441. The first kappa shape index (κ1) is 12.1. The van der Waals surface area contributed by atoms with Crippen molar-refractivity contribution in [1.29, 1.82) is 0 Å². The molecule has 0 aliphatic heterocycles. The van der Waals surface area contributed by atoms with Crippen LogP contribution < -0.4 is 4.74 Å². The average Bonchev–Trinajstić information content (AvgIpc) is 2.15. The Hall–Kier alpha value is -0.940. The van der Waals surface area contributed by atoms with Crippen LogP contribution in [0.1, 0.15) is 11.7 Å². The Balaban J connectivity index is 3.06. The molecule has 0 saturated heterocycles. The minimum Gasteiger partial charge on any atom is -0.497 e. The molecule has 1 unspecified atom stereocenters. The Morgan fingerprint density at radius 2 is 2.07 bits per heavy atom. The molecule has 0 saturated carbocycles. The summed E-state index contributed by atoms with van der Waals surface area (Å²) in [5, 5.41) is 5.13. The zero-order chi connectivity index (χ0) is 11.6. The van der Waals surface area contributed by atoms with Gasteiger partial charge in [-0.15, -0.1) is 0 Å². The van der Waals surface area contributed by atoms with E-state index in [1.165, 1.54) is 13.2 Å². The highest BCUT2D eigenvalue weighted by Crippen LogP contribution is 2.36. The van der Waals surface area contributed by atoms with Crippen molar-refractivity contribution in [3.05, 3.63) is 29.6 Å². The predicted octanol–water partition coefficient (Wildman–Crippen LogP) is 2.70. The molecule has 1 aromatic rings. The van der Waals surface area contributed by atoms with Crippen LogP contribution in [0.25, 0.3) is 0 Å². The highest BCUT2D eigenvalue weighted by molar-refractivity contribution is 6.22. The predicted molar refractivity (Wildman–Crippen MR) is 48.7 cm³/mol. The number of hydrogen-bond acceptors (Lipinski definition) is 2. The lowest BCUT2D eigenvalue weighted by Gasteiger charge is -2.17. The molecule has 84 valence electrons. The van der Waals surface area contributed by atoms with Crippen LogP contribution >= 0.6 is 11.6 Å². The van der Waals surface area contributed by atoms with E-state index in [0.717, 1.165) is 12.1 Å². The van der Waals surface area contributed by atoms with Gasteiger partial charge in [0.25, 0.3) is 0 Å². The quantitative estimate of drug-likeness (QED) is 0.823. The summed E-state index contributed by atoms with van der Waals surface area (Å²) in [4.78, 5) is 0. The number of ether oxygens (including phenoxy) is 1.